The van der Waals surface area contributed by atoms with Gasteiger partial charge in [0.25, 0.3) is 0 Å². The number of aliphatic hydroxyl groups is 1. The van der Waals surface area contributed by atoms with Gasteiger partial charge in [-0.15, -0.1) is 0 Å². The van der Waals surface area contributed by atoms with Gasteiger partial charge in [-0.05, 0) is 159 Å². The maximum atomic E-state index is 11.9. The zero-order valence-corrected chi connectivity index (χ0v) is 25.8. The van der Waals surface area contributed by atoms with Crippen LogP contribution in [0, 0.1) is 35.5 Å². The minimum atomic E-state index is -0.125. The van der Waals surface area contributed by atoms with Gasteiger partial charge < -0.3 is 20.4 Å². The molecule has 0 radical (unpaired) electrons. The molecular formula is C39H44O6. The van der Waals surface area contributed by atoms with Crippen molar-refractivity contribution in [3.63, 3.8) is 0 Å². The van der Waals surface area contributed by atoms with Crippen molar-refractivity contribution in [1.82, 2.24) is 0 Å². The first kappa shape index (κ1) is 30.0. The van der Waals surface area contributed by atoms with Gasteiger partial charge in [0, 0.05) is 23.7 Å². The van der Waals surface area contributed by atoms with Crippen LogP contribution in [0.3, 0.4) is 0 Å². The van der Waals surface area contributed by atoms with Crippen LogP contribution in [0.5, 0.6) is 17.2 Å². The summed E-state index contributed by atoms with van der Waals surface area (Å²) < 4.78 is 0. The van der Waals surface area contributed by atoms with Crippen LogP contribution in [-0.2, 0) is 48.1 Å². The van der Waals surface area contributed by atoms with Gasteiger partial charge in [-0.1, -0.05) is 18.2 Å². The topological polar surface area (TPSA) is 115 Å². The number of carbonyl (C=O) groups is 2. The van der Waals surface area contributed by atoms with E-state index in [0.717, 1.165) is 77.0 Å². The van der Waals surface area contributed by atoms with Crippen molar-refractivity contribution in [2.75, 3.05) is 0 Å². The Labute approximate surface area is 265 Å². The minimum Gasteiger partial charge on any atom is -0.508 e. The van der Waals surface area contributed by atoms with Crippen molar-refractivity contribution in [2.24, 2.45) is 35.5 Å². The molecule has 0 saturated heterocycles. The van der Waals surface area contributed by atoms with Crippen LogP contribution < -0.4 is 0 Å². The second-order valence-corrected chi connectivity index (χ2v) is 14.4. The predicted octanol–water partition coefficient (Wildman–Crippen LogP) is 6.05. The summed E-state index contributed by atoms with van der Waals surface area (Å²) in [5, 5.41) is 38.4. The molecule has 0 spiro atoms. The maximum absolute atomic E-state index is 11.9. The molecule has 0 heterocycles. The normalized spacial score (nSPS) is 30.3. The Hall–Kier alpha value is -3.64. The van der Waals surface area contributed by atoms with E-state index in [2.05, 4.69) is 0 Å². The Morgan fingerprint density at radius 2 is 0.733 bits per heavy atom. The van der Waals surface area contributed by atoms with E-state index < -0.39 is 0 Å². The number of ketones is 2. The monoisotopic (exact) mass is 608 g/mol. The minimum absolute atomic E-state index is 0.125. The van der Waals surface area contributed by atoms with Gasteiger partial charge in [-0.3, -0.25) is 9.59 Å². The third kappa shape index (κ3) is 6.14. The Bertz CT molecular complexity index is 1530. The summed E-state index contributed by atoms with van der Waals surface area (Å²) in [7, 11) is 0. The van der Waals surface area contributed by atoms with Crippen LogP contribution in [0.2, 0.25) is 0 Å². The first-order chi connectivity index (χ1) is 21.7. The molecule has 6 heteroatoms. The third-order valence-electron chi connectivity index (χ3n) is 11.6. The van der Waals surface area contributed by atoms with Gasteiger partial charge in [-0.2, -0.15) is 0 Å². The van der Waals surface area contributed by atoms with Crippen molar-refractivity contribution in [3.05, 3.63) is 88.0 Å². The lowest BCUT2D eigenvalue weighted by molar-refractivity contribution is -0.124. The highest BCUT2D eigenvalue weighted by atomic mass is 16.3. The molecule has 0 amide bonds. The number of rotatable bonds is 0. The van der Waals surface area contributed by atoms with Gasteiger partial charge in [0.1, 0.15) is 28.8 Å². The highest BCUT2D eigenvalue weighted by Gasteiger charge is 2.39. The quantitative estimate of drug-likeness (QED) is 0.247. The van der Waals surface area contributed by atoms with Crippen molar-refractivity contribution in [2.45, 2.75) is 83.2 Å². The number of aliphatic hydroxyl groups excluding tert-OH is 1. The van der Waals surface area contributed by atoms with Crippen LogP contribution in [0.1, 0.15) is 71.9 Å². The van der Waals surface area contributed by atoms with Crippen LogP contribution in [-0.4, -0.2) is 38.1 Å². The van der Waals surface area contributed by atoms with E-state index in [9.17, 15) is 30.0 Å². The number of fused-ring (bicyclic) bond motifs is 9. The number of Topliss-reactive ketones (excluding diaryl/α,β-unsaturated/α-hetero) is 2. The lowest BCUT2D eigenvalue weighted by Gasteiger charge is -2.14. The summed E-state index contributed by atoms with van der Waals surface area (Å²) in [5.41, 5.74) is 7.42. The lowest BCUT2D eigenvalue weighted by atomic mass is 9.93. The Morgan fingerprint density at radius 3 is 1.13 bits per heavy atom. The summed E-state index contributed by atoms with van der Waals surface area (Å²) in [6, 6.07) is 16.7. The fraction of sp³-hybridized carbons (Fsp3) is 0.487. The van der Waals surface area contributed by atoms with Gasteiger partial charge in [0.2, 0.25) is 0 Å². The number of hydrogen-bond donors (Lipinski definition) is 4. The molecule has 7 atom stereocenters. The molecule has 3 aromatic carbocycles. The SMILES string of the molecule is O=C1C2CCC1Cc1cc(O)ccc1C2.O=C1C2CCC1Cc1cc(O)ccc1C2.Oc1ccc2c(c1)CC1CCC(C2)C1O. The molecule has 6 aliphatic rings. The van der Waals surface area contributed by atoms with Gasteiger partial charge >= 0.3 is 0 Å². The molecule has 6 nitrogen and oxygen atoms in total. The molecule has 236 valence electrons. The molecule has 3 fully saturated rings. The average molecular weight is 609 g/mol. The van der Waals surface area contributed by atoms with Crippen LogP contribution in [0.4, 0.5) is 0 Å². The van der Waals surface area contributed by atoms with Crippen molar-refractivity contribution in [1.29, 1.82) is 0 Å². The molecule has 0 aliphatic heterocycles. The van der Waals surface area contributed by atoms with Gasteiger partial charge in [0.05, 0.1) is 6.10 Å². The summed E-state index contributed by atoms with van der Waals surface area (Å²) in [6.07, 6.45) is 11.7. The smallest absolute Gasteiger partial charge is 0.139 e. The fourth-order valence-corrected chi connectivity index (χ4v) is 9.08. The standard InChI is InChI=1S/C13H16O2.2C13H14O2/c3*14-12-4-3-8-5-9-1-2-10(13(9)15)6-11(8)7-12/h3-4,7,9-10,13-15H,1-2,5-6H2;2*3-4,7,9-10,14H,1-2,5-6H2. The van der Waals surface area contributed by atoms with Crippen LogP contribution in [0.15, 0.2) is 54.6 Å². The fourth-order valence-electron chi connectivity index (χ4n) is 9.08. The van der Waals surface area contributed by atoms with Crippen molar-refractivity contribution in [3.8, 4) is 17.2 Å². The summed E-state index contributed by atoms with van der Waals surface area (Å²) in [4.78, 5) is 23.8. The molecule has 6 bridgehead atoms. The van der Waals surface area contributed by atoms with Gasteiger partial charge in [0.15, 0.2) is 0 Å². The molecule has 45 heavy (non-hydrogen) atoms. The number of hydrogen-bond acceptors (Lipinski definition) is 6. The number of phenols is 3. The Balaban J connectivity index is 0.000000108. The summed E-state index contributed by atoms with van der Waals surface area (Å²) in [5.74, 6) is 3.69. The van der Waals surface area contributed by atoms with E-state index in [4.69, 9.17) is 0 Å². The Kier molecular flexibility index (Phi) is 8.20. The number of carbonyl (C=O) groups excluding carboxylic acids is 2. The highest BCUT2D eigenvalue weighted by Crippen LogP contribution is 2.41. The predicted molar refractivity (Wildman–Crippen MR) is 171 cm³/mol. The first-order valence-corrected chi connectivity index (χ1v) is 16.9. The molecule has 0 aromatic heterocycles. The van der Waals surface area contributed by atoms with E-state index in [1.54, 1.807) is 18.2 Å². The first-order valence-electron chi connectivity index (χ1n) is 16.9. The molecular weight excluding hydrogens is 564 g/mol. The van der Waals surface area contributed by atoms with Crippen LogP contribution in [0.25, 0.3) is 0 Å². The van der Waals surface area contributed by atoms with Crippen molar-refractivity contribution < 1.29 is 30.0 Å². The van der Waals surface area contributed by atoms with Crippen molar-refractivity contribution >= 4 is 11.6 Å². The zero-order valence-electron chi connectivity index (χ0n) is 25.8. The second-order valence-electron chi connectivity index (χ2n) is 14.4. The van der Waals surface area contributed by atoms with E-state index >= 15 is 0 Å². The van der Waals surface area contributed by atoms with E-state index in [1.807, 2.05) is 36.4 Å². The molecule has 6 aliphatic carbocycles. The zero-order chi connectivity index (χ0) is 31.2. The largest absolute Gasteiger partial charge is 0.508 e. The molecule has 7 unspecified atom stereocenters. The molecule has 4 N–H and O–H groups in total. The van der Waals surface area contributed by atoms with E-state index in [1.165, 1.54) is 33.4 Å². The average Bonchev–Trinajstić information content (AvgIpc) is 3.53. The molecule has 3 aromatic rings. The lowest BCUT2D eigenvalue weighted by Crippen LogP contribution is -2.20. The number of phenolic OH excluding ortho intramolecular Hbond substituents is 3. The van der Waals surface area contributed by atoms with Gasteiger partial charge in [-0.25, -0.2) is 0 Å². The van der Waals surface area contributed by atoms with E-state index in [-0.39, 0.29) is 29.8 Å². The third-order valence-corrected chi connectivity index (χ3v) is 11.6. The molecule has 9 rings (SSSR count). The summed E-state index contributed by atoms with van der Waals surface area (Å²) in [6.45, 7) is 0. The summed E-state index contributed by atoms with van der Waals surface area (Å²) >= 11 is 0. The second kappa shape index (κ2) is 12.3. The maximum Gasteiger partial charge on any atom is 0.139 e. The number of benzene rings is 3. The van der Waals surface area contributed by atoms with E-state index in [0.29, 0.717) is 40.7 Å². The molecule has 3 saturated carbocycles. The Morgan fingerprint density at radius 1 is 0.422 bits per heavy atom. The van der Waals surface area contributed by atoms with Crippen LogP contribution >= 0.6 is 0 Å². The number of aromatic hydroxyl groups is 3. The highest BCUT2D eigenvalue weighted by molar-refractivity contribution is 5.87.